The Kier molecular flexibility index (Phi) is 7.38. The minimum Gasteiger partial charge on any atom is -0.497 e. The van der Waals surface area contributed by atoms with Gasteiger partial charge in [-0.05, 0) is 30.0 Å². The molecule has 0 unspecified atom stereocenters. The van der Waals surface area contributed by atoms with Gasteiger partial charge in [-0.2, -0.15) is 0 Å². The summed E-state index contributed by atoms with van der Waals surface area (Å²) in [6, 6.07) is 6.84. The molecule has 0 saturated carbocycles. The molecule has 23 heavy (non-hydrogen) atoms. The molecule has 0 fully saturated rings. The first-order valence-corrected chi connectivity index (χ1v) is 7.68. The summed E-state index contributed by atoms with van der Waals surface area (Å²) in [4.78, 5) is 24.7. The lowest BCUT2D eigenvalue weighted by molar-refractivity contribution is -0.137. The molecule has 0 spiro atoms. The van der Waals surface area contributed by atoms with E-state index in [1.807, 2.05) is 38.1 Å². The van der Waals surface area contributed by atoms with Crippen LogP contribution in [0.3, 0.4) is 0 Å². The van der Waals surface area contributed by atoms with Crippen LogP contribution in [0.15, 0.2) is 24.3 Å². The van der Waals surface area contributed by atoms with Crippen molar-refractivity contribution >= 4 is 12.0 Å². The van der Waals surface area contributed by atoms with E-state index >= 15 is 0 Å². The van der Waals surface area contributed by atoms with Gasteiger partial charge in [0.05, 0.1) is 13.5 Å². The average Bonchev–Trinajstić information content (AvgIpc) is 2.46. The van der Waals surface area contributed by atoms with Gasteiger partial charge in [-0.3, -0.25) is 4.79 Å². The fourth-order valence-electron chi connectivity index (χ4n) is 2.33. The minimum atomic E-state index is -0.909. The molecule has 0 saturated heterocycles. The zero-order valence-electron chi connectivity index (χ0n) is 14.2. The van der Waals surface area contributed by atoms with Crippen molar-refractivity contribution in [3.05, 3.63) is 29.8 Å². The van der Waals surface area contributed by atoms with Crippen molar-refractivity contribution in [3.63, 3.8) is 0 Å². The summed E-state index contributed by atoms with van der Waals surface area (Å²) in [6.07, 6.45) is 0.564. The maximum absolute atomic E-state index is 12.2. The predicted octanol–water partition coefficient (Wildman–Crippen LogP) is 2.73. The lowest BCUT2D eigenvalue weighted by Crippen LogP contribution is -2.44. The van der Waals surface area contributed by atoms with E-state index in [9.17, 15) is 9.59 Å². The van der Waals surface area contributed by atoms with Gasteiger partial charge in [0.1, 0.15) is 5.75 Å². The molecular weight excluding hydrogens is 296 g/mol. The fourth-order valence-corrected chi connectivity index (χ4v) is 2.33. The van der Waals surface area contributed by atoms with Crippen molar-refractivity contribution in [2.75, 3.05) is 14.2 Å². The Labute approximate surface area is 137 Å². The number of carboxylic acid groups (broad SMARTS) is 1. The Morgan fingerprint density at radius 3 is 2.35 bits per heavy atom. The molecule has 0 radical (unpaired) electrons. The van der Waals surface area contributed by atoms with Gasteiger partial charge in [0, 0.05) is 19.6 Å². The summed E-state index contributed by atoms with van der Waals surface area (Å²) < 4.78 is 5.10. The molecular formula is C17H26N2O4. The van der Waals surface area contributed by atoms with E-state index in [0.717, 1.165) is 11.3 Å². The zero-order valence-corrected chi connectivity index (χ0v) is 14.2. The molecule has 1 aromatic carbocycles. The third-order valence-corrected chi connectivity index (χ3v) is 3.43. The first-order chi connectivity index (χ1) is 10.8. The fraction of sp³-hybridized carbons (Fsp3) is 0.529. The second kappa shape index (κ2) is 9.02. The number of rotatable bonds is 8. The number of carbonyl (C=O) groups is 2. The van der Waals surface area contributed by atoms with E-state index in [1.54, 1.807) is 14.2 Å². The number of nitrogens with zero attached hydrogens (tertiary/aromatic N) is 1. The number of ether oxygens (including phenoxy) is 1. The number of carboxylic acids is 1. The Morgan fingerprint density at radius 2 is 1.87 bits per heavy atom. The van der Waals surface area contributed by atoms with E-state index in [1.165, 1.54) is 4.90 Å². The normalized spacial score (nSPS) is 11.9. The molecule has 0 aliphatic heterocycles. The average molecular weight is 322 g/mol. The van der Waals surface area contributed by atoms with E-state index in [4.69, 9.17) is 9.84 Å². The molecule has 1 aromatic rings. The molecule has 6 nitrogen and oxygen atoms in total. The summed E-state index contributed by atoms with van der Waals surface area (Å²) in [6.45, 7) is 4.45. The van der Waals surface area contributed by atoms with E-state index in [0.29, 0.717) is 18.9 Å². The highest BCUT2D eigenvalue weighted by atomic mass is 16.5. The van der Waals surface area contributed by atoms with Crippen molar-refractivity contribution in [3.8, 4) is 5.75 Å². The largest absolute Gasteiger partial charge is 0.497 e. The van der Waals surface area contributed by atoms with Crippen molar-refractivity contribution < 1.29 is 19.4 Å². The van der Waals surface area contributed by atoms with Crippen LogP contribution in [0.1, 0.15) is 32.3 Å². The molecule has 0 bridgehead atoms. The van der Waals surface area contributed by atoms with E-state index < -0.39 is 5.97 Å². The van der Waals surface area contributed by atoms with Crippen LogP contribution in [0.25, 0.3) is 0 Å². The number of hydrogen-bond acceptors (Lipinski definition) is 3. The zero-order chi connectivity index (χ0) is 17.4. The van der Waals surface area contributed by atoms with E-state index in [2.05, 4.69) is 5.32 Å². The van der Waals surface area contributed by atoms with Gasteiger partial charge in [0.25, 0.3) is 0 Å². The standard InChI is InChI=1S/C17H26N2O4/c1-12(2)9-14(10-16(20)21)18-17(22)19(3)11-13-5-7-15(23-4)8-6-13/h5-8,12,14H,9-11H2,1-4H3,(H,18,22)(H,20,21)/t14-/m1/s1. The van der Waals surface area contributed by atoms with Crippen molar-refractivity contribution in [2.24, 2.45) is 5.92 Å². The quantitative estimate of drug-likeness (QED) is 0.771. The molecule has 0 aliphatic rings. The molecule has 6 heteroatoms. The number of carbonyl (C=O) groups excluding carboxylic acids is 1. The first-order valence-electron chi connectivity index (χ1n) is 7.68. The third kappa shape index (κ3) is 7.04. The summed E-state index contributed by atoms with van der Waals surface area (Å²) in [5, 5.41) is 11.8. The molecule has 2 amide bonds. The van der Waals surface area contributed by atoms with Gasteiger partial charge < -0.3 is 20.1 Å². The maximum Gasteiger partial charge on any atom is 0.317 e. The molecule has 128 valence electrons. The number of methoxy groups -OCH3 is 1. The van der Waals surface area contributed by atoms with Crippen molar-refractivity contribution in [1.29, 1.82) is 0 Å². The number of urea groups is 1. The Hall–Kier alpha value is -2.24. The Morgan fingerprint density at radius 1 is 1.26 bits per heavy atom. The third-order valence-electron chi connectivity index (χ3n) is 3.43. The van der Waals surface area contributed by atoms with Gasteiger partial charge >= 0.3 is 12.0 Å². The number of nitrogens with one attached hydrogen (secondary N) is 1. The maximum atomic E-state index is 12.2. The van der Waals surface area contributed by atoms with Gasteiger partial charge in [-0.1, -0.05) is 26.0 Å². The van der Waals surface area contributed by atoms with Gasteiger partial charge in [-0.25, -0.2) is 4.79 Å². The summed E-state index contributed by atoms with van der Waals surface area (Å²) in [5.74, 6) is 0.166. The highest BCUT2D eigenvalue weighted by Gasteiger charge is 2.19. The van der Waals surface area contributed by atoms with Crippen LogP contribution in [0.2, 0.25) is 0 Å². The SMILES string of the molecule is COc1ccc(CN(C)C(=O)N[C@@H](CC(=O)O)CC(C)C)cc1. The molecule has 1 atom stereocenters. The van der Waals surface area contributed by atoms with Gasteiger partial charge in [0.15, 0.2) is 0 Å². The monoisotopic (exact) mass is 322 g/mol. The van der Waals surface area contributed by atoms with Crippen LogP contribution in [0, 0.1) is 5.92 Å². The summed E-state index contributed by atoms with van der Waals surface area (Å²) in [5.41, 5.74) is 0.974. The number of amides is 2. The van der Waals surface area contributed by atoms with Gasteiger partial charge in [0.2, 0.25) is 0 Å². The molecule has 1 rings (SSSR count). The molecule has 0 aromatic heterocycles. The Balaban J connectivity index is 2.60. The van der Waals surface area contributed by atoms with E-state index in [-0.39, 0.29) is 18.5 Å². The van der Waals surface area contributed by atoms with Crippen LogP contribution in [0.5, 0.6) is 5.75 Å². The van der Waals surface area contributed by atoms with Crippen LogP contribution in [-0.4, -0.2) is 42.2 Å². The smallest absolute Gasteiger partial charge is 0.317 e. The van der Waals surface area contributed by atoms with Crippen LogP contribution in [0.4, 0.5) is 4.79 Å². The molecule has 0 heterocycles. The number of benzene rings is 1. The second-order valence-electron chi connectivity index (χ2n) is 6.08. The van der Waals surface area contributed by atoms with Crippen molar-refractivity contribution in [2.45, 2.75) is 39.3 Å². The van der Waals surface area contributed by atoms with Crippen molar-refractivity contribution in [1.82, 2.24) is 10.2 Å². The lowest BCUT2D eigenvalue weighted by Gasteiger charge is -2.24. The predicted molar refractivity (Wildman–Crippen MR) is 88.5 cm³/mol. The topological polar surface area (TPSA) is 78.9 Å². The number of hydrogen-bond donors (Lipinski definition) is 2. The van der Waals surface area contributed by atoms with Crippen LogP contribution in [-0.2, 0) is 11.3 Å². The second-order valence-corrected chi connectivity index (χ2v) is 6.08. The summed E-state index contributed by atoms with van der Waals surface area (Å²) >= 11 is 0. The first kappa shape index (κ1) is 18.8. The van der Waals surface area contributed by atoms with Crippen LogP contribution >= 0.6 is 0 Å². The highest BCUT2D eigenvalue weighted by molar-refractivity contribution is 5.75. The highest BCUT2D eigenvalue weighted by Crippen LogP contribution is 2.13. The minimum absolute atomic E-state index is 0.0692. The van der Waals surface area contributed by atoms with Crippen LogP contribution < -0.4 is 10.1 Å². The lowest BCUT2D eigenvalue weighted by atomic mass is 10.0. The number of aliphatic carboxylic acids is 1. The Bertz CT molecular complexity index is 514. The molecule has 2 N–H and O–H groups in total. The van der Waals surface area contributed by atoms with Gasteiger partial charge in [-0.15, -0.1) is 0 Å². The summed E-state index contributed by atoms with van der Waals surface area (Å²) in [7, 11) is 3.29. The molecule has 0 aliphatic carbocycles.